The van der Waals surface area contributed by atoms with E-state index in [-0.39, 0.29) is 0 Å². The van der Waals surface area contributed by atoms with E-state index in [9.17, 15) is 0 Å². The van der Waals surface area contributed by atoms with Gasteiger partial charge in [-0.1, -0.05) is 64.8 Å². The molecular weight excluding hydrogens is 385 g/mol. The van der Waals surface area contributed by atoms with Crippen molar-refractivity contribution in [1.29, 1.82) is 0 Å². The Morgan fingerprint density at radius 3 is 2.46 bits per heavy atom. The van der Waals surface area contributed by atoms with Crippen LogP contribution in [0.15, 0.2) is 47.6 Å². The minimum Gasteiger partial charge on any atom is -0.302 e. The van der Waals surface area contributed by atoms with E-state index >= 15 is 0 Å². The third kappa shape index (κ3) is 3.72. The summed E-state index contributed by atoms with van der Waals surface area (Å²) in [5.74, 6) is 1.51. The highest BCUT2D eigenvalue weighted by Crippen LogP contribution is 2.31. The molecule has 0 radical (unpaired) electrons. The van der Waals surface area contributed by atoms with Gasteiger partial charge in [0.1, 0.15) is 0 Å². The van der Waals surface area contributed by atoms with E-state index in [1.807, 2.05) is 36.4 Å². The Morgan fingerprint density at radius 1 is 0.958 bits per heavy atom. The van der Waals surface area contributed by atoms with Crippen LogP contribution in [0.2, 0.25) is 15.1 Å². The minimum absolute atomic E-state index is 0.505. The van der Waals surface area contributed by atoms with Crippen LogP contribution in [0.4, 0.5) is 0 Å². The average Bonchev–Trinajstić information content (AvgIpc) is 2.99. The molecule has 3 rings (SSSR count). The number of hydrogen-bond donors (Lipinski definition) is 0. The van der Waals surface area contributed by atoms with E-state index in [0.29, 0.717) is 10.0 Å². The summed E-state index contributed by atoms with van der Waals surface area (Å²) in [6.07, 6.45) is 0. The van der Waals surface area contributed by atoms with Crippen molar-refractivity contribution in [2.45, 2.75) is 24.4 Å². The van der Waals surface area contributed by atoms with Gasteiger partial charge in [-0.2, -0.15) is 0 Å². The Bertz CT molecular complexity index is 864. The van der Waals surface area contributed by atoms with Crippen molar-refractivity contribution >= 4 is 46.6 Å². The predicted octanol–water partition coefficient (Wildman–Crippen LogP) is 6.22. The van der Waals surface area contributed by atoms with Gasteiger partial charge in [0.2, 0.25) is 0 Å². The second kappa shape index (κ2) is 7.79. The Kier molecular flexibility index (Phi) is 5.72. The number of nitrogens with zero attached hydrogens (tertiary/aromatic N) is 3. The molecule has 1 heterocycles. The molecule has 0 spiro atoms. The van der Waals surface area contributed by atoms with Gasteiger partial charge >= 0.3 is 0 Å². The van der Waals surface area contributed by atoms with Crippen molar-refractivity contribution in [3.63, 3.8) is 0 Å². The Morgan fingerprint density at radius 2 is 1.75 bits per heavy atom. The number of thioether (sulfide) groups is 1. The zero-order chi connectivity index (χ0) is 17.1. The summed E-state index contributed by atoms with van der Waals surface area (Å²) in [7, 11) is 0. The molecule has 0 bridgehead atoms. The maximum Gasteiger partial charge on any atom is 0.191 e. The molecule has 124 valence electrons. The highest BCUT2D eigenvalue weighted by Gasteiger charge is 2.14. The van der Waals surface area contributed by atoms with Crippen LogP contribution in [0.1, 0.15) is 12.5 Å². The molecule has 24 heavy (non-hydrogen) atoms. The monoisotopic (exact) mass is 397 g/mol. The number of benzene rings is 2. The molecule has 2 aromatic carbocycles. The summed E-state index contributed by atoms with van der Waals surface area (Å²) in [5.41, 5.74) is 1.97. The molecule has 0 aliphatic carbocycles. The molecule has 0 aliphatic heterocycles. The van der Waals surface area contributed by atoms with Crippen molar-refractivity contribution in [3.8, 4) is 11.4 Å². The van der Waals surface area contributed by atoms with E-state index in [2.05, 4.69) is 21.7 Å². The van der Waals surface area contributed by atoms with Gasteiger partial charge in [0.25, 0.3) is 0 Å². The van der Waals surface area contributed by atoms with Crippen molar-refractivity contribution < 1.29 is 0 Å². The van der Waals surface area contributed by atoms with Crippen LogP contribution in [0.3, 0.4) is 0 Å². The number of aromatic nitrogens is 3. The molecule has 3 nitrogen and oxygen atoms in total. The normalized spacial score (nSPS) is 11.0. The molecule has 1 aromatic heterocycles. The van der Waals surface area contributed by atoms with Crippen molar-refractivity contribution in [1.82, 2.24) is 14.8 Å². The quantitative estimate of drug-likeness (QED) is 0.478. The van der Waals surface area contributed by atoms with E-state index in [1.54, 1.807) is 17.8 Å². The molecule has 0 saturated carbocycles. The van der Waals surface area contributed by atoms with Crippen molar-refractivity contribution in [2.24, 2.45) is 0 Å². The molecule has 3 aromatic rings. The van der Waals surface area contributed by atoms with Crippen LogP contribution >= 0.6 is 46.6 Å². The van der Waals surface area contributed by atoms with Crippen LogP contribution in [0, 0.1) is 0 Å². The lowest BCUT2D eigenvalue weighted by Gasteiger charge is -2.08. The summed E-state index contributed by atoms with van der Waals surface area (Å²) < 4.78 is 2.06. The van der Waals surface area contributed by atoms with E-state index < -0.39 is 0 Å². The lowest BCUT2D eigenvalue weighted by Crippen LogP contribution is -2.00. The first-order chi connectivity index (χ1) is 11.6. The largest absolute Gasteiger partial charge is 0.302 e. The van der Waals surface area contributed by atoms with Gasteiger partial charge in [0.15, 0.2) is 11.0 Å². The lowest BCUT2D eigenvalue weighted by molar-refractivity contribution is 0.687. The van der Waals surface area contributed by atoms with Gasteiger partial charge in [-0.15, -0.1) is 10.2 Å². The lowest BCUT2D eigenvalue weighted by atomic mass is 10.2. The number of rotatable bonds is 5. The minimum atomic E-state index is 0.505. The highest BCUT2D eigenvalue weighted by molar-refractivity contribution is 7.98. The van der Waals surface area contributed by atoms with Crippen LogP contribution in [0.25, 0.3) is 11.4 Å². The molecule has 0 amide bonds. The summed E-state index contributed by atoms with van der Waals surface area (Å²) in [5, 5.41) is 11.3. The zero-order valence-corrected chi connectivity index (χ0v) is 15.9. The standard InChI is InChI=1S/C17H14Cl3N3S/c1-2-23-16(11-7-8-14(19)15(20)9-11)21-22-17(23)24-10-12-5-3-4-6-13(12)18/h3-9H,2,10H2,1H3. The second-order valence-corrected chi connectivity index (χ2v) is 7.22. The average molecular weight is 399 g/mol. The third-order valence-corrected chi connectivity index (χ3v) is 5.65. The molecule has 0 unspecified atom stereocenters. The fourth-order valence-electron chi connectivity index (χ4n) is 2.29. The van der Waals surface area contributed by atoms with Gasteiger partial charge in [-0.3, -0.25) is 0 Å². The van der Waals surface area contributed by atoms with Crippen LogP contribution < -0.4 is 0 Å². The molecule has 0 N–H and O–H groups in total. The van der Waals surface area contributed by atoms with Crippen molar-refractivity contribution in [2.75, 3.05) is 0 Å². The first kappa shape index (κ1) is 17.6. The first-order valence-corrected chi connectivity index (χ1v) is 9.47. The van der Waals surface area contributed by atoms with E-state index in [4.69, 9.17) is 34.8 Å². The van der Waals surface area contributed by atoms with Gasteiger partial charge in [0, 0.05) is 22.9 Å². The van der Waals surface area contributed by atoms with Crippen LogP contribution in [-0.4, -0.2) is 14.8 Å². The van der Waals surface area contributed by atoms with Crippen molar-refractivity contribution in [3.05, 3.63) is 63.1 Å². The van der Waals surface area contributed by atoms with Crippen LogP contribution in [-0.2, 0) is 12.3 Å². The summed E-state index contributed by atoms with van der Waals surface area (Å²) in [4.78, 5) is 0. The maximum absolute atomic E-state index is 6.21. The molecular formula is C17H14Cl3N3S. The molecule has 7 heteroatoms. The number of hydrogen-bond acceptors (Lipinski definition) is 3. The fourth-order valence-corrected chi connectivity index (χ4v) is 3.87. The summed E-state index contributed by atoms with van der Waals surface area (Å²) >= 11 is 19.9. The smallest absolute Gasteiger partial charge is 0.191 e. The third-order valence-electron chi connectivity index (χ3n) is 3.53. The van der Waals surface area contributed by atoms with Gasteiger partial charge in [0.05, 0.1) is 10.0 Å². The van der Waals surface area contributed by atoms with Gasteiger partial charge in [-0.25, -0.2) is 0 Å². The molecule has 0 aliphatic rings. The summed E-state index contributed by atoms with van der Waals surface area (Å²) in [6, 6.07) is 13.3. The first-order valence-electron chi connectivity index (χ1n) is 7.35. The predicted molar refractivity (Wildman–Crippen MR) is 102 cm³/mol. The van der Waals surface area contributed by atoms with Crippen LogP contribution in [0.5, 0.6) is 0 Å². The van der Waals surface area contributed by atoms with Gasteiger partial charge < -0.3 is 4.57 Å². The second-order valence-electron chi connectivity index (χ2n) is 5.06. The Hall–Kier alpha value is -1.20. The SMILES string of the molecule is CCn1c(SCc2ccccc2Cl)nnc1-c1ccc(Cl)c(Cl)c1. The molecule has 0 atom stereocenters. The Balaban J connectivity index is 1.87. The zero-order valence-electron chi connectivity index (χ0n) is 12.8. The van der Waals surface area contributed by atoms with E-state index in [1.165, 1.54) is 0 Å². The highest BCUT2D eigenvalue weighted by atomic mass is 35.5. The molecule has 0 fully saturated rings. The van der Waals surface area contributed by atoms with Gasteiger partial charge in [-0.05, 0) is 36.8 Å². The topological polar surface area (TPSA) is 30.7 Å². The fraction of sp³-hybridized carbons (Fsp3) is 0.176. The Labute approximate surface area is 160 Å². The summed E-state index contributed by atoms with van der Waals surface area (Å²) in [6.45, 7) is 2.82. The molecule has 0 saturated heterocycles. The number of halogens is 3. The maximum atomic E-state index is 6.21. The van der Waals surface area contributed by atoms with E-state index in [0.717, 1.165) is 39.4 Å².